The van der Waals surface area contributed by atoms with Gasteiger partial charge in [0.2, 0.25) is 0 Å². The van der Waals surface area contributed by atoms with Gasteiger partial charge in [0.1, 0.15) is 0 Å². The van der Waals surface area contributed by atoms with Crippen molar-refractivity contribution >= 4 is 5.69 Å². The second-order valence-electron chi connectivity index (χ2n) is 3.72. The normalized spacial score (nSPS) is 24.9. The quantitative estimate of drug-likeness (QED) is 0.767. The van der Waals surface area contributed by atoms with Crippen LogP contribution in [0.3, 0.4) is 0 Å². The van der Waals surface area contributed by atoms with E-state index in [2.05, 4.69) is 5.32 Å². The summed E-state index contributed by atoms with van der Waals surface area (Å²) < 4.78 is 26.5. The Morgan fingerprint density at radius 3 is 2.50 bits per heavy atom. The average Bonchev–Trinajstić information content (AvgIpc) is 2.48. The zero-order chi connectivity index (χ0) is 10.0. The van der Waals surface area contributed by atoms with Crippen molar-refractivity contribution in [2.24, 2.45) is 0 Å². The molecule has 2 rings (SSSR count). The van der Waals surface area contributed by atoms with Crippen LogP contribution in [0.2, 0.25) is 0 Å². The first-order valence-electron chi connectivity index (χ1n) is 4.88. The van der Waals surface area contributed by atoms with Crippen LogP contribution in [0, 0.1) is 0 Å². The van der Waals surface area contributed by atoms with Gasteiger partial charge >= 0.3 is 0 Å². The Morgan fingerprint density at radius 2 is 1.93 bits per heavy atom. The van der Waals surface area contributed by atoms with Crippen LogP contribution < -0.4 is 5.32 Å². The Hall–Kier alpha value is -1.12. The third-order valence-electron chi connectivity index (χ3n) is 2.63. The highest BCUT2D eigenvalue weighted by Crippen LogP contribution is 2.36. The zero-order valence-electron chi connectivity index (χ0n) is 7.84. The van der Waals surface area contributed by atoms with Crippen molar-refractivity contribution in [2.75, 3.05) is 5.32 Å². The summed E-state index contributed by atoms with van der Waals surface area (Å²) in [7, 11) is 0. The number of nitrogens with one attached hydrogen (secondary N) is 1. The van der Waals surface area contributed by atoms with Crippen molar-refractivity contribution in [1.29, 1.82) is 0 Å². The summed E-state index contributed by atoms with van der Waals surface area (Å²) in [6.45, 7) is 0. The van der Waals surface area contributed by atoms with Crippen LogP contribution >= 0.6 is 0 Å². The lowest BCUT2D eigenvalue weighted by molar-refractivity contribution is -0.000583. The molecule has 1 aliphatic rings. The van der Waals surface area contributed by atoms with Crippen LogP contribution in [0.15, 0.2) is 30.3 Å². The molecule has 0 spiro atoms. The number of rotatable bonds is 2. The molecule has 0 heterocycles. The maximum Gasteiger partial charge on any atom is 0.267 e. The van der Waals surface area contributed by atoms with Gasteiger partial charge in [0.25, 0.3) is 5.92 Å². The third-order valence-corrected chi connectivity index (χ3v) is 2.63. The van der Waals surface area contributed by atoms with Gasteiger partial charge < -0.3 is 5.32 Å². The number of anilines is 1. The predicted molar refractivity (Wildman–Crippen MR) is 52.7 cm³/mol. The monoisotopic (exact) mass is 197 g/mol. The van der Waals surface area contributed by atoms with Crippen LogP contribution in [0.5, 0.6) is 0 Å². The third kappa shape index (κ3) is 1.86. The number of halogens is 2. The van der Waals surface area contributed by atoms with Crippen LogP contribution in [0.4, 0.5) is 14.5 Å². The van der Waals surface area contributed by atoms with Crippen LogP contribution in [0.25, 0.3) is 0 Å². The molecule has 0 aliphatic heterocycles. The van der Waals surface area contributed by atoms with E-state index in [-0.39, 0.29) is 6.42 Å². The van der Waals surface area contributed by atoms with E-state index in [0.717, 1.165) is 5.69 Å². The highest BCUT2D eigenvalue weighted by molar-refractivity contribution is 5.44. The maximum atomic E-state index is 13.2. The molecule has 0 bridgehead atoms. The Labute approximate surface area is 82.1 Å². The summed E-state index contributed by atoms with van der Waals surface area (Å²) in [5, 5.41) is 2.88. The number of alkyl halides is 2. The highest BCUT2D eigenvalue weighted by Gasteiger charge is 2.43. The summed E-state index contributed by atoms with van der Waals surface area (Å²) in [5.41, 5.74) is 0.777. The summed E-state index contributed by atoms with van der Waals surface area (Å²) >= 11 is 0. The minimum absolute atomic E-state index is 0.0114. The molecule has 1 fully saturated rings. The first-order chi connectivity index (χ1) is 6.68. The summed E-state index contributed by atoms with van der Waals surface area (Å²) in [6.07, 6.45) is 1.18. The van der Waals surface area contributed by atoms with Gasteiger partial charge in [0.05, 0.1) is 6.04 Å². The fourth-order valence-electron chi connectivity index (χ4n) is 1.84. The number of hydrogen-bond donors (Lipinski definition) is 1. The number of benzene rings is 1. The predicted octanol–water partition coefficient (Wildman–Crippen LogP) is 3.29. The molecule has 1 saturated carbocycles. The van der Waals surface area contributed by atoms with Crippen molar-refractivity contribution < 1.29 is 8.78 Å². The fraction of sp³-hybridized carbons (Fsp3) is 0.455. The second-order valence-corrected chi connectivity index (χ2v) is 3.72. The van der Waals surface area contributed by atoms with Gasteiger partial charge in [0.15, 0.2) is 0 Å². The molecule has 1 unspecified atom stereocenters. The first kappa shape index (κ1) is 9.44. The van der Waals surface area contributed by atoms with Gasteiger partial charge in [-0.2, -0.15) is 0 Å². The molecule has 0 saturated heterocycles. The van der Waals surface area contributed by atoms with Crippen LogP contribution in [0.1, 0.15) is 19.3 Å². The lowest BCUT2D eigenvalue weighted by atomic mass is 10.2. The van der Waals surface area contributed by atoms with E-state index in [1.807, 2.05) is 30.3 Å². The molecule has 0 aromatic heterocycles. The topological polar surface area (TPSA) is 12.0 Å². The van der Waals surface area contributed by atoms with E-state index in [1.165, 1.54) is 0 Å². The van der Waals surface area contributed by atoms with E-state index in [4.69, 9.17) is 0 Å². The molecule has 1 N–H and O–H groups in total. The zero-order valence-corrected chi connectivity index (χ0v) is 7.84. The molecule has 0 radical (unpaired) electrons. The van der Waals surface area contributed by atoms with Gasteiger partial charge in [-0.1, -0.05) is 18.2 Å². The highest BCUT2D eigenvalue weighted by atomic mass is 19.3. The molecule has 1 nitrogen and oxygen atoms in total. The Balaban J connectivity index is 2.05. The van der Waals surface area contributed by atoms with Gasteiger partial charge in [-0.3, -0.25) is 0 Å². The minimum Gasteiger partial charge on any atom is -0.376 e. The lowest BCUT2D eigenvalue weighted by Crippen LogP contribution is -2.34. The van der Waals surface area contributed by atoms with E-state index in [1.54, 1.807) is 0 Å². The molecule has 1 atom stereocenters. The lowest BCUT2D eigenvalue weighted by Gasteiger charge is -2.21. The Morgan fingerprint density at radius 1 is 1.21 bits per heavy atom. The van der Waals surface area contributed by atoms with Crippen molar-refractivity contribution in [2.45, 2.75) is 31.2 Å². The van der Waals surface area contributed by atoms with Crippen LogP contribution in [-0.2, 0) is 0 Å². The molecule has 1 aliphatic carbocycles. The largest absolute Gasteiger partial charge is 0.376 e. The van der Waals surface area contributed by atoms with Crippen molar-refractivity contribution in [3.8, 4) is 0 Å². The Bertz CT molecular complexity index is 297. The number of hydrogen-bond acceptors (Lipinski definition) is 1. The molecule has 0 amide bonds. The fourth-order valence-corrected chi connectivity index (χ4v) is 1.84. The Kier molecular flexibility index (Phi) is 2.40. The molecule has 76 valence electrons. The second kappa shape index (κ2) is 3.56. The van der Waals surface area contributed by atoms with Crippen molar-refractivity contribution in [3.05, 3.63) is 30.3 Å². The SMILES string of the molecule is FC1(F)CCCC1Nc1ccccc1. The summed E-state index contributed by atoms with van der Waals surface area (Å²) in [4.78, 5) is 0. The molecular formula is C11H13F2N. The van der Waals surface area contributed by atoms with Gasteiger partial charge in [-0.05, 0) is 25.0 Å². The van der Waals surface area contributed by atoms with Crippen molar-refractivity contribution in [1.82, 2.24) is 0 Å². The van der Waals surface area contributed by atoms with E-state index < -0.39 is 12.0 Å². The molecule has 14 heavy (non-hydrogen) atoms. The van der Waals surface area contributed by atoms with E-state index in [9.17, 15) is 8.78 Å². The molecule has 1 aromatic carbocycles. The first-order valence-corrected chi connectivity index (χ1v) is 4.88. The minimum atomic E-state index is -2.55. The maximum absolute atomic E-state index is 13.2. The van der Waals surface area contributed by atoms with Gasteiger partial charge in [-0.15, -0.1) is 0 Å². The molecular weight excluding hydrogens is 184 g/mol. The van der Waals surface area contributed by atoms with E-state index in [0.29, 0.717) is 12.8 Å². The number of para-hydroxylation sites is 1. The molecule has 3 heteroatoms. The summed E-state index contributed by atoms with van der Waals surface area (Å²) in [6, 6.07) is 8.50. The standard InChI is InChI=1S/C11H13F2N/c12-11(13)8-4-7-10(11)14-9-5-2-1-3-6-9/h1-3,5-6,10,14H,4,7-8H2. The van der Waals surface area contributed by atoms with E-state index >= 15 is 0 Å². The smallest absolute Gasteiger partial charge is 0.267 e. The van der Waals surface area contributed by atoms with Crippen molar-refractivity contribution in [3.63, 3.8) is 0 Å². The van der Waals surface area contributed by atoms with Gasteiger partial charge in [0, 0.05) is 12.1 Å². The molecule has 1 aromatic rings. The average molecular weight is 197 g/mol. The van der Waals surface area contributed by atoms with Gasteiger partial charge in [-0.25, -0.2) is 8.78 Å². The summed E-state index contributed by atoms with van der Waals surface area (Å²) in [5.74, 6) is -2.55. The van der Waals surface area contributed by atoms with Crippen LogP contribution in [-0.4, -0.2) is 12.0 Å².